The van der Waals surface area contributed by atoms with Crippen LogP contribution >= 0.6 is 11.6 Å². The van der Waals surface area contributed by atoms with Crippen LogP contribution in [-0.2, 0) is 0 Å². The summed E-state index contributed by atoms with van der Waals surface area (Å²) in [5.74, 6) is 1.70. The van der Waals surface area contributed by atoms with Crippen LogP contribution in [0.1, 0.15) is 5.56 Å². The Kier molecular flexibility index (Phi) is 3.63. The highest BCUT2D eigenvalue weighted by atomic mass is 35.5. The first-order valence-electron chi connectivity index (χ1n) is 6.63. The van der Waals surface area contributed by atoms with Gasteiger partial charge in [-0.2, -0.15) is 5.26 Å². The van der Waals surface area contributed by atoms with E-state index in [9.17, 15) is 0 Å². The highest BCUT2D eigenvalue weighted by Crippen LogP contribution is 2.28. The second kappa shape index (κ2) is 5.58. The first-order valence-corrected chi connectivity index (χ1v) is 7.01. The molecule has 21 heavy (non-hydrogen) atoms. The third kappa shape index (κ3) is 2.63. The molecule has 0 aromatic carbocycles. The van der Waals surface area contributed by atoms with Crippen molar-refractivity contribution in [3.63, 3.8) is 0 Å². The summed E-state index contributed by atoms with van der Waals surface area (Å²) in [6, 6.07) is 9.92. The summed E-state index contributed by atoms with van der Waals surface area (Å²) in [5, 5.41) is 9.35. The molecule has 0 amide bonds. The van der Waals surface area contributed by atoms with Crippen molar-refractivity contribution in [3.8, 4) is 6.07 Å². The van der Waals surface area contributed by atoms with Gasteiger partial charge in [0.25, 0.3) is 0 Å². The van der Waals surface area contributed by atoms with Gasteiger partial charge in [0.15, 0.2) is 0 Å². The van der Waals surface area contributed by atoms with E-state index in [-0.39, 0.29) is 0 Å². The summed E-state index contributed by atoms with van der Waals surface area (Å²) in [4.78, 5) is 12.9. The molecule has 0 bridgehead atoms. The van der Waals surface area contributed by atoms with Gasteiger partial charge in [-0.05, 0) is 18.2 Å². The molecule has 1 fully saturated rings. The number of hydrogen-bond donors (Lipinski definition) is 0. The van der Waals surface area contributed by atoms with E-state index in [2.05, 4.69) is 19.8 Å². The Morgan fingerprint density at radius 2 is 2.19 bits per heavy atom. The number of rotatable bonds is 3. The lowest BCUT2D eigenvalue weighted by Crippen LogP contribution is -2.59. The van der Waals surface area contributed by atoms with E-state index in [0.717, 1.165) is 18.9 Å². The number of nitrogens with zero attached hydrogens (tertiary/aromatic N) is 5. The fourth-order valence-electron chi connectivity index (χ4n) is 2.35. The van der Waals surface area contributed by atoms with Crippen LogP contribution in [0.3, 0.4) is 0 Å². The van der Waals surface area contributed by atoms with E-state index in [4.69, 9.17) is 16.9 Å². The topological polar surface area (TPSA) is 56.1 Å². The van der Waals surface area contributed by atoms with E-state index in [1.807, 2.05) is 31.3 Å². The maximum absolute atomic E-state index is 8.84. The van der Waals surface area contributed by atoms with E-state index in [1.165, 1.54) is 0 Å². The molecule has 1 saturated heterocycles. The average Bonchev–Trinajstić information content (AvgIpc) is 2.46. The molecule has 0 radical (unpaired) electrons. The molecule has 2 aromatic heterocycles. The number of likely N-dealkylation sites (N-methyl/N-ethyl adjacent to an activating group) is 1. The number of aromatic nitrogens is 2. The van der Waals surface area contributed by atoms with Crippen molar-refractivity contribution in [1.29, 1.82) is 5.26 Å². The Hall–Kier alpha value is -2.32. The van der Waals surface area contributed by atoms with Crippen LogP contribution in [0.25, 0.3) is 0 Å². The molecular weight excluding hydrogens is 286 g/mol. The standard InChI is InChI=1S/C15H14ClN5/c1-20(15-13(16)6-11(7-17)8-19-15)12-9-21(10-12)14-4-2-3-5-18-14/h2-6,8,12H,9-10H2,1H3. The Morgan fingerprint density at radius 3 is 2.81 bits per heavy atom. The van der Waals surface area contributed by atoms with Crippen LogP contribution in [-0.4, -0.2) is 36.1 Å². The summed E-state index contributed by atoms with van der Waals surface area (Å²) in [6.45, 7) is 1.76. The second-order valence-corrected chi connectivity index (χ2v) is 5.41. The van der Waals surface area contributed by atoms with Gasteiger partial charge in [-0.3, -0.25) is 0 Å². The first kappa shape index (κ1) is 13.7. The molecule has 2 aromatic rings. The van der Waals surface area contributed by atoms with Gasteiger partial charge in [-0.25, -0.2) is 9.97 Å². The highest BCUT2D eigenvalue weighted by Gasteiger charge is 2.32. The van der Waals surface area contributed by atoms with Crippen LogP contribution in [0.5, 0.6) is 0 Å². The molecule has 1 aliphatic heterocycles. The molecule has 0 atom stereocenters. The van der Waals surface area contributed by atoms with Gasteiger partial charge in [-0.15, -0.1) is 0 Å². The molecule has 0 N–H and O–H groups in total. The summed E-state index contributed by atoms with van der Waals surface area (Å²) in [6.07, 6.45) is 3.35. The van der Waals surface area contributed by atoms with Crippen molar-refractivity contribution >= 4 is 23.2 Å². The monoisotopic (exact) mass is 299 g/mol. The normalized spacial score (nSPS) is 14.4. The van der Waals surface area contributed by atoms with Crippen molar-refractivity contribution in [2.45, 2.75) is 6.04 Å². The lowest BCUT2D eigenvalue weighted by Gasteiger charge is -2.45. The van der Waals surface area contributed by atoms with Crippen molar-refractivity contribution in [3.05, 3.63) is 47.2 Å². The SMILES string of the molecule is CN(c1ncc(C#N)cc1Cl)C1CN(c2ccccn2)C1. The molecule has 0 aliphatic carbocycles. The van der Waals surface area contributed by atoms with Gasteiger partial charge < -0.3 is 9.80 Å². The predicted molar refractivity (Wildman–Crippen MR) is 82.6 cm³/mol. The molecule has 6 heteroatoms. The zero-order chi connectivity index (χ0) is 14.8. The summed E-state index contributed by atoms with van der Waals surface area (Å²) in [5.41, 5.74) is 0.473. The minimum absolute atomic E-state index is 0.338. The summed E-state index contributed by atoms with van der Waals surface area (Å²) in [7, 11) is 1.97. The smallest absolute Gasteiger partial charge is 0.147 e. The number of pyridine rings is 2. The zero-order valence-corrected chi connectivity index (χ0v) is 12.3. The van der Waals surface area contributed by atoms with Gasteiger partial charge >= 0.3 is 0 Å². The maximum atomic E-state index is 8.84. The van der Waals surface area contributed by atoms with Crippen molar-refractivity contribution in [2.75, 3.05) is 29.9 Å². The fourth-order valence-corrected chi connectivity index (χ4v) is 2.65. The van der Waals surface area contributed by atoms with Crippen molar-refractivity contribution in [2.24, 2.45) is 0 Å². The average molecular weight is 300 g/mol. The van der Waals surface area contributed by atoms with Crippen molar-refractivity contribution < 1.29 is 0 Å². The lowest BCUT2D eigenvalue weighted by atomic mass is 10.1. The fraction of sp³-hybridized carbons (Fsp3) is 0.267. The number of nitriles is 1. The summed E-state index contributed by atoms with van der Waals surface area (Å²) >= 11 is 6.20. The molecule has 0 saturated carbocycles. The van der Waals surface area contributed by atoms with Crippen LogP contribution < -0.4 is 9.80 Å². The molecule has 3 heterocycles. The zero-order valence-electron chi connectivity index (χ0n) is 11.6. The third-order valence-corrected chi connectivity index (χ3v) is 3.95. The molecule has 5 nitrogen and oxygen atoms in total. The van der Waals surface area contributed by atoms with E-state index in [1.54, 1.807) is 18.5 Å². The number of anilines is 2. The quantitative estimate of drug-likeness (QED) is 0.870. The largest absolute Gasteiger partial charge is 0.352 e. The van der Waals surface area contributed by atoms with Crippen molar-refractivity contribution in [1.82, 2.24) is 9.97 Å². The predicted octanol–water partition coefficient (Wildman–Crippen LogP) is 2.33. The Morgan fingerprint density at radius 1 is 1.38 bits per heavy atom. The molecule has 106 valence electrons. The Bertz CT molecular complexity index is 676. The summed E-state index contributed by atoms with van der Waals surface area (Å²) < 4.78 is 0. The minimum atomic E-state index is 0.338. The van der Waals surface area contributed by atoms with Gasteiger partial charge in [0, 0.05) is 32.5 Å². The van der Waals surface area contributed by atoms with Gasteiger partial charge in [0.05, 0.1) is 16.6 Å². The first-order chi connectivity index (χ1) is 10.2. The van der Waals surface area contributed by atoms with Crippen LogP contribution in [0.4, 0.5) is 11.6 Å². The van der Waals surface area contributed by atoms with Gasteiger partial charge in [0.2, 0.25) is 0 Å². The van der Waals surface area contributed by atoms with E-state index in [0.29, 0.717) is 22.4 Å². The Balaban J connectivity index is 1.68. The third-order valence-electron chi connectivity index (χ3n) is 3.67. The molecule has 1 aliphatic rings. The van der Waals surface area contributed by atoms with Crippen LogP contribution in [0, 0.1) is 11.3 Å². The Labute approximate surface area is 128 Å². The van der Waals surface area contributed by atoms with E-state index < -0.39 is 0 Å². The maximum Gasteiger partial charge on any atom is 0.147 e. The van der Waals surface area contributed by atoms with Crippen LogP contribution in [0.15, 0.2) is 36.7 Å². The molecule has 0 unspecified atom stereocenters. The molecule has 3 rings (SSSR count). The highest BCUT2D eigenvalue weighted by molar-refractivity contribution is 6.33. The molecule has 0 spiro atoms. The molecular formula is C15H14ClN5. The minimum Gasteiger partial charge on any atom is -0.352 e. The van der Waals surface area contributed by atoms with Gasteiger partial charge in [0.1, 0.15) is 17.7 Å². The van der Waals surface area contributed by atoms with E-state index >= 15 is 0 Å². The number of hydrogen-bond acceptors (Lipinski definition) is 5. The van der Waals surface area contributed by atoms with Gasteiger partial charge in [-0.1, -0.05) is 17.7 Å². The number of halogens is 1. The van der Waals surface area contributed by atoms with Crippen LogP contribution in [0.2, 0.25) is 5.02 Å². The second-order valence-electron chi connectivity index (χ2n) is 5.00. The lowest BCUT2D eigenvalue weighted by molar-refractivity contribution is 0.489.